The van der Waals surface area contributed by atoms with E-state index < -0.39 is 11.7 Å². The number of aromatic nitrogens is 4. The molecule has 2 amide bonds. The highest BCUT2D eigenvalue weighted by Gasteiger charge is 2.53. The van der Waals surface area contributed by atoms with Crippen LogP contribution >= 0.6 is 0 Å². The summed E-state index contributed by atoms with van der Waals surface area (Å²) in [5, 5.41) is 14.5. The first kappa shape index (κ1) is 26.0. The van der Waals surface area contributed by atoms with Gasteiger partial charge in [0.25, 0.3) is 11.8 Å². The number of H-pyrrole nitrogens is 1. The molecule has 202 valence electrons. The molecule has 1 aromatic carbocycles. The van der Waals surface area contributed by atoms with Crippen LogP contribution in [0.15, 0.2) is 36.4 Å². The van der Waals surface area contributed by atoms with Crippen molar-refractivity contribution in [2.75, 3.05) is 13.1 Å². The van der Waals surface area contributed by atoms with Gasteiger partial charge >= 0.3 is 6.18 Å². The number of hydrogen-bond acceptors (Lipinski definition) is 4. The quantitative estimate of drug-likeness (QED) is 0.494. The van der Waals surface area contributed by atoms with E-state index in [2.05, 4.69) is 34.5 Å². The zero-order valence-electron chi connectivity index (χ0n) is 21.6. The molecule has 1 aliphatic heterocycles. The summed E-state index contributed by atoms with van der Waals surface area (Å²) in [4.78, 5) is 27.9. The number of aromatic amines is 1. The fourth-order valence-corrected chi connectivity index (χ4v) is 5.67. The number of halogens is 3. The lowest BCUT2D eigenvalue weighted by Crippen LogP contribution is -2.64. The van der Waals surface area contributed by atoms with Gasteiger partial charge in [-0.2, -0.15) is 23.4 Å². The minimum atomic E-state index is -4.41. The zero-order valence-corrected chi connectivity index (χ0v) is 21.6. The molecule has 1 saturated heterocycles. The summed E-state index contributed by atoms with van der Waals surface area (Å²) in [6.45, 7) is 5.27. The van der Waals surface area contributed by atoms with E-state index in [4.69, 9.17) is 0 Å². The Balaban J connectivity index is 1.21. The highest BCUT2D eigenvalue weighted by molar-refractivity contribution is 5.94. The van der Waals surface area contributed by atoms with Gasteiger partial charge in [0, 0.05) is 37.2 Å². The average molecular weight is 529 g/mol. The van der Waals surface area contributed by atoms with Gasteiger partial charge in [0.05, 0.1) is 17.0 Å². The standard InChI is InChI=1S/C27H31F3N6O2/c1-16(2)11-19-12-22(35(3)34-19)24(37)31-23-5-4-10-26(23)14-36(15-26)25(38)21-13-20(32-33-21)17-6-8-18(9-7-17)27(28,29)30/h6-9,12-13,16,23H,4-5,10-11,14-15H2,1-3H3,(H,31,37)(H,32,33). The summed E-state index contributed by atoms with van der Waals surface area (Å²) < 4.78 is 40.1. The highest BCUT2D eigenvalue weighted by Crippen LogP contribution is 2.46. The normalized spacial score (nSPS) is 18.7. The van der Waals surface area contributed by atoms with Crippen molar-refractivity contribution >= 4 is 11.8 Å². The molecule has 2 fully saturated rings. The van der Waals surface area contributed by atoms with E-state index in [1.807, 2.05) is 6.07 Å². The fourth-order valence-electron chi connectivity index (χ4n) is 5.67. The van der Waals surface area contributed by atoms with Crippen molar-refractivity contribution in [3.8, 4) is 11.3 Å². The molecule has 1 unspecified atom stereocenters. The molecule has 2 aliphatic rings. The molecule has 8 nitrogen and oxygen atoms in total. The van der Waals surface area contributed by atoms with Crippen molar-refractivity contribution in [1.29, 1.82) is 0 Å². The second-order valence-electron chi connectivity index (χ2n) is 10.9. The zero-order chi connectivity index (χ0) is 27.2. The number of rotatable bonds is 6. The number of carbonyl (C=O) groups is 2. The molecule has 0 radical (unpaired) electrons. The van der Waals surface area contributed by atoms with Gasteiger partial charge in [-0.05, 0) is 49.4 Å². The lowest BCUT2D eigenvalue weighted by atomic mass is 9.74. The van der Waals surface area contributed by atoms with Crippen LogP contribution in [0.3, 0.4) is 0 Å². The SMILES string of the molecule is CC(C)Cc1cc(C(=O)NC2CCCC23CN(C(=O)c2cc(-c4ccc(C(F)(F)F)cc4)n[nH]2)C3)n(C)n1. The van der Waals surface area contributed by atoms with E-state index in [0.29, 0.717) is 36.0 Å². The highest BCUT2D eigenvalue weighted by atomic mass is 19.4. The first-order valence-corrected chi connectivity index (χ1v) is 12.8. The molecule has 1 aliphatic carbocycles. The van der Waals surface area contributed by atoms with Crippen molar-refractivity contribution in [3.63, 3.8) is 0 Å². The molecule has 11 heteroatoms. The minimum Gasteiger partial charge on any atom is -0.347 e. The van der Waals surface area contributed by atoms with Gasteiger partial charge < -0.3 is 10.2 Å². The Bertz CT molecular complexity index is 1340. The average Bonchev–Trinajstić information content (AvgIpc) is 3.55. The van der Waals surface area contributed by atoms with Gasteiger partial charge in [-0.15, -0.1) is 0 Å². The van der Waals surface area contributed by atoms with Gasteiger partial charge in [-0.25, -0.2) is 0 Å². The van der Waals surface area contributed by atoms with Crippen LogP contribution < -0.4 is 5.32 Å². The van der Waals surface area contributed by atoms with Crippen LogP contribution in [0.5, 0.6) is 0 Å². The number of amides is 2. The van der Waals surface area contributed by atoms with E-state index >= 15 is 0 Å². The summed E-state index contributed by atoms with van der Waals surface area (Å²) in [5.41, 5.74) is 1.68. The van der Waals surface area contributed by atoms with E-state index in [1.54, 1.807) is 22.7 Å². The molecule has 2 N–H and O–H groups in total. The van der Waals surface area contributed by atoms with Gasteiger partial charge in [-0.1, -0.05) is 32.4 Å². The molecular weight excluding hydrogens is 497 g/mol. The maximum atomic E-state index is 13.1. The second-order valence-corrected chi connectivity index (χ2v) is 10.9. The van der Waals surface area contributed by atoms with Gasteiger partial charge in [-0.3, -0.25) is 19.4 Å². The summed E-state index contributed by atoms with van der Waals surface area (Å²) in [5.74, 6) is 0.0716. The number of nitrogens with one attached hydrogen (secondary N) is 2. The molecule has 2 aromatic heterocycles. The predicted octanol–water partition coefficient (Wildman–Crippen LogP) is 4.45. The van der Waals surface area contributed by atoms with E-state index in [1.165, 1.54) is 12.1 Å². The molecule has 5 rings (SSSR count). The fraction of sp³-hybridized carbons (Fsp3) is 0.481. The van der Waals surface area contributed by atoms with Gasteiger partial charge in [0.2, 0.25) is 0 Å². The summed E-state index contributed by atoms with van der Waals surface area (Å²) in [7, 11) is 1.77. The van der Waals surface area contributed by atoms with Crippen molar-refractivity contribution in [2.45, 2.75) is 51.7 Å². The number of carbonyl (C=O) groups excluding carboxylic acids is 2. The van der Waals surface area contributed by atoms with Crippen LogP contribution in [0, 0.1) is 11.3 Å². The largest absolute Gasteiger partial charge is 0.416 e. The topological polar surface area (TPSA) is 95.9 Å². The third-order valence-corrected chi connectivity index (χ3v) is 7.61. The molecule has 3 aromatic rings. The van der Waals surface area contributed by atoms with Crippen molar-refractivity contribution in [2.24, 2.45) is 18.4 Å². The van der Waals surface area contributed by atoms with Crippen molar-refractivity contribution in [3.05, 3.63) is 59.0 Å². The Labute approximate surface area is 218 Å². The van der Waals surface area contributed by atoms with Crippen LogP contribution in [0.1, 0.15) is 65.3 Å². The van der Waals surface area contributed by atoms with E-state index in [0.717, 1.165) is 43.5 Å². The molecular formula is C27H31F3N6O2. The smallest absolute Gasteiger partial charge is 0.347 e. The van der Waals surface area contributed by atoms with Crippen LogP contribution in [-0.4, -0.2) is 55.8 Å². The number of aryl methyl sites for hydroxylation is 1. The lowest BCUT2D eigenvalue weighted by Gasteiger charge is -2.51. The Morgan fingerprint density at radius 1 is 1.18 bits per heavy atom. The summed E-state index contributed by atoms with van der Waals surface area (Å²) in [6.07, 6.45) is -0.859. The van der Waals surface area contributed by atoms with Crippen LogP contribution in [0.4, 0.5) is 13.2 Å². The lowest BCUT2D eigenvalue weighted by molar-refractivity contribution is -0.137. The molecule has 1 spiro atoms. The maximum absolute atomic E-state index is 13.1. The molecule has 1 atom stereocenters. The van der Waals surface area contributed by atoms with Crippen molar-refractivity contribution < 1.29 is 22.8 Å². The number of benzene rings is 1. The Kier molecular flexibility index (Phi) is 6.56. The molecule has 0 bridgehead atoms. The monoisotopic (exact) mass is 528 g/mol. The summed E-state index contributed by atoms with van der Waals surface area (Å²) >= 11 is 0. The number of alkyl halides is 3. The number of hydrogen-bond donors (Lipinski definition) is 2. The third-order valence-electron chi connectivity index (χ3n) is 7.61. The Hall–Kier alpha value is -3.63. The van der Waals surface area contributed by atoms with Gasteiger partial charge in [0.1, 0.15) is 11.4 Å². The van der Waals surface area contributed by atoms with E-state index in [9.17, 15) is 22.8 Å². The first-order chi connectivity index (χ1) is 17.9. The summed E-state index contributed by atoms with van der Waals surface area (Å²) in [6, 6.07) is 8.04. The third kappa shape index (κ3) is 4.93. The minimum absolute atomic E-state index is 0.0352. The number of nitrogens with zero attached hydrogens (tertiary/aromatic N) is 4. The second kappa shape index (κ2) is 9.59. The predicted molar refractivity (Wildman–Crippen MR) is 134 cm³/mol. The van der Waals surface area contributed by atoms with Gasteiger partial charge in [0.15, 0.2) is 0 Å². The van der Waals surface area contributed by atoms with Crippen molar-refractivity contribution in [1.82, 2.24) is 30.2 Å². The first-order valence-electron chi connectivity index (χ1n) is 12.8. The Morgan fingerprint density at radius 3 is 2.55 bits per heavy atom. The van der Waals surface area contributed by atoms with E-state index in [-0.39, 0.29) is 29.0 Å². The maximum Gasteiger partial charge on any atom is 0.416 e. The van der Waals surface area contributed by atoms with Crippen LogP contribution in [-0.2, 0) is 19.6 Å². The molecule has 38 heavy (non-hydrogen) atoms. The van der Waals surface area contributed by atoms with Crippen LogP contribution in [0.2, 0.25) is 0 Å². The molecule has 1 saturated carbocycles. The number of likely N-dealkylation sites (tertiary alicyclic amines) is 1. The molecule has 3 heterocycles. The Morgan fingerprint density at radius 2 is 1.89 bits per heavy atom. The van der Waals surface area contributed by atoms with Crippen LogP contribution in [0.25, 0.3) is 11.3 Å².